The molecular formula is C10H22N2Na6O12P4. The Bertz CT molecular complexity index is 618. The van der Waals surface area contributed by atoms with Crippen LogP contribution in [0.4, 0.5) is 0 Å². The third kappa shape index (κ3) is 34.7. The van der Waals surface area contributed by atoms with Crippen LogP contribution in [0.2, 0.25) is 0 Å². The molecule has 0 spiro atoms. The van der Waals surface area contributed by atoms with Gasteiger partial charge in [-0.25, -0.2) is 0 Å². The number of hydrogen-bond donors (Lipinski definition) is 2. The molecule has 0 aromatic rings. The first-order valence-electron chi connectivity index (χ1n) is 8.02. The van der Waals surface area contributed by atoms with Crippen molar-refractivity contribution in [3.8, 4) is 0 Å². The largest absolute Gasteiger partial charge is 1.00 e. The van der Waals surface area contributed by atoms with Gasteiger partial charge in [-0.3, -0.25) is 13.9 Å². The normalized spacial score (nSPS) is 11.7. The average molecular weight is 624 g/mol. The quantitative estimate of drug-likeness (QED) is 0.0975. The molecule has 34 heavy (non-hydrogen) atoms. The van der Waals surface area contributed by atoms with E-state index >= 15 is 0 Å². The van der Waals surface area contributed by atoms with Gasteiger partial charge in [-0.1, -0.05) is 20.4 Å². The van der Waals surface area contributed by atoms with Crippen molar-refractivity contribution < 1.29 is 235 Å². The van der Waals surface area contributed by atoms with Crippen molar-refractivity contribution in [2.75, 3.05) is 38.5 Å². The Balaban J connectivity index is -0.000000243. The molecule has 0 aliphatic rings. The molecule has 0 saturated heterocycles. The van der Waals surface area contributed by atoms with Gasteiger partial charge in [0.15, 0.2) is 0 Å². The van der Waals surface area contributed by atoms with Gasteiger partial charge in [-0.2, -0.15) is 0 Å². The van der Waals surface area contributed by atoms with Gasteiger partial charge in [0.05, 0.1) is 6.16 Å². The van der Waals surface area contributed by atoms with Gasteiger partial charge in [0.1, 0.15) is 0 Å². The zero-order valence-corrected chi connectivity index (χ0v) is 36.3. The van der Waals surface area contributed by atoms with Crippen molar-refractivity contribution in [3.63, 3.8) is 0 Å². The molecule has 0 rings (SSSR count). The summed E-state index contributed by atoms with van der Waals surface area (Å²) < 4.78 is 44.2. The fraction of sp³-hybridized carbons (Fsp3) is 1.00. The monoisotopic (exact) mass is 624 g/mol. The third-order valence-electron chi connectivity index (χ3n) is 3.56. The van der Waals surface area contributed by atoms with Gasteiger partial charge in [0.2, 0.25) is 0 Å². The summed E-state index contributed by atoms with van der Waals surface area (Å²) in [5, 5.41) is 0. The van der Waals surface area contributed by atoms with Crippen LogP contribution in [0.1, 0.15) is 25.7 Å². The molecule has 0 heterocycles. The zero-order valence-electron chi connectivity index (χ0n) is 20.7. The van der Waals surface area contributed by atoms with Crippen molar-refractivity contribution in [1.82, 2.24) is 9.34 Å². The second-order valence-corrected chi connectivity index (χ2v) is 12.4. The minimum Gasteiger partial charge on any atom is -0.811 e. The minimum absolute atomic E-state index is 0. The van der Waals surface area contributed by atoms with E-state index in [1.165, 1.54) is 0 Å². The van der Waals surface area contributed by atoms with Crippen molar-refractivity contribution in [2.45, 2.75) is 25.7 Å². The molecule has 0 aromatic carbocycles. The van der Waals surface area contributed by atoms with Gasteiger partial charge in [0.25, 0.3) is 0 Å². The first-order valence-corrected chi connectivity index (χ1v) is 14.5. The van der Waals surface area contributed by atoms with Gasteiger partial charge in [0, 0.05) is 41.7 Å². The predicted molar refractivity (Wildman–Crippen MR) is 86.2 cm³/mol. The summed E-state index contributed by atoms with van der Waals surface area (Å²) in [6.07, 6.45) is -0.981. The van der Waals surface area contributed by atoms with Crippen LogP contribution < -0.4 is 207 Å². The summed E-state index contributed by atoms with van der Waals surface area (Å²) in [4.78, 5) is 82.9. The Hall–Kier alpha value is 6.52. The fourth-order valence-corrected chi connectivity index (χ4v) is 4.91. The summed E-state index contributed by atoms with van der Waals surface area (Å²) in [6, 6.07) is 0. The molecular weight excluding hydrogens is 602 g/mol. The van der Waals surface area contributed by atoms with Crippen LogP contribution in [0.3, 0.4) is 0 Å². The second kappa shape index (κ2) is 27.1. The van der Waals surface area contributed by atoms with Gasteiger partial charge < -0.3 is 52.8 Å². The Morgan fingerprint density at radius 3 is 1.03 bits per heavy atom. The maximum atomic E-state index is 11.1. The van der Waals surface area contributed by atoms with Crippen molar-refractivity contribution >= 4 is 30.7 Å². The number of rotatable bonds is 15. The van der Waals surface area contributed by atoms with Crippen LogP contribution in [0.5, 0.6) is 0 Å². The van der Waals surface area contributed by atoms with Crippen LogP contribution in [-0.4, -0.2) is 57.6 Å². The fourth-order valence-electron chi connectivity index (χ4n) is 2.14. The zero-order chi connectivity index (χ0) is 22.2. The molecule has 0 aliphatic carbocycles. The second-order valence-electron chi connectivity index (χ2n) is 5.98. The first kappa shape index (κ1) is 56.3. The van der Waals surface area contributed by atoms with E-state index in [0.29, 0.717) is 15.8 Å². The third-order valence-corrected chi connectivity index (χ3v) is 7.27. The molecule has 0 unspecified atom stereocenters. The van der Waals surface area contributed by atoms with Crippen molar-refractivity contribution in [3.05, 3.63) is 0 Å². The number of hydrogen-bond acceptors (Lipinski definition) is 10. The maximum absolute atomic E-state index is 11.1. The van der Waals surface area contributed by atoms with Crippen molar-refractivity contribution in [1.29, 1.82) is 0 Å². The SMILES string of the molecule is O=P([O-])([O-])CCN(CCCCCCN(CCP(=O)(O)O)P(=O)([O-])[O-])P(=O)([O-])[O-].[Na+].[Na+].[Na+].[Na+].[Na+].[Na+]. The van der Waals surface area contributed by atoms with E-state index in [4.69, 9.17) is 9.79 Å². The Morgan fingerprint density at radius 1 is 0.500 bits per heavy atom. The maximum Gasteiger partial charge on any atom is 1.00 e. The molecule has 0 aliphatic heterocycles. The van der Waals surface area contributed by atoms with E-state index in [-0.39, 0.29) is 210 Å². The smallest absolute Gasteiger partial charge is 0.811 e. The van der Waals surface area contributed by atoms with Crippen LogP contribution in [0.15, 0.2) is 0 Å². The predicted octanol–water partition coefficient (Wildman–Crippen LogP) is -22.1. The Morgan fingerprint density at radius 2 is 0.794 bits per heavy atom. The van der Waals surface area contributed by atoms with E-state index < -0.39 is 56.1 Å². The van der Waals surface area contributed by atoms with Crippen LogP contribution in [-0.2, 0) is 18.3 Å². The molecule has 0 saturated carbocycles. The van der Waals surface area contributed by atoms with Crippen LogP contribution in [0, 0.1) is 0 Å². The molecule has 170 valence electrons. The molecule has 24 heteroatoms. The average Bonchev–Trinajstić information content (AvgIpc) is 2.43. The first-order chi connectivity index (χ1) is 12.4. The molecule has 0 amide bonds. The van der Waals surface area contributed by atoms with E-state index in [0.717, 1.165) is 0 Å². The summed E-state index contributed by atoms with van der Waals surface area (Å²) in [7, 11) is -19.9. The molecule has 0 bridgehead atoms. The summed E-state index contributed by atoms with van der Waals surface area (Å²) in [5.74, 6) is 0. The summed E-state index contributed by atoms with van der Waals surface area (Å²) >= 11 is 0. The van der Waals surface area contributed by atoms with E-state index in [1.54, 1.807) is 0 Å². The number of nitrogens with zero attached hydrogens (tertiary/aromatic N) is 2. The Kier molecular flexibility index (Phi) is 44.9. The van der Waals surface area contributed by atoms with Gasteiger partial charge in [-0.05, 0) is 19.0 Å². The number of unbranched alkanes of at least 4 members (excludes halogenated alkanes) is 3. The van der Waals surface area contributed by atoms with E-state index in [9.17, 15) is 47.6 Å². The standard InChI is InChI=1S/C10H28N2O12P4.6Na/c13-25(14,15)9-7-11(27(19,20)21)5-3-1-2-4-6-12(28(22,23)24)8-10-26(16,17)18;;;;;;/h1-10H2,(H2,13,14,15)(H2,16,17,18)(H2,19,20,21)(H2,22,23,24);;;;;;/q;6*+1/p-6. The molecule has 14 nitrogen and oxygen atoms in total. The minimum atomic E-state index is -5.25. The molecule has 2 N–H and O–H groups in total. The molecule has 0 atom stereocenters. The Labute approximate surface area is 332 Å². The van der Waals surface area contributed by atoms with Gasteiger partial charge >= 0.3 is 185 Å². The van der Waals surface area contributed by atoms with Gasteiger partial charge in [-0.15, -0.1) is 0 Å². The molecule has 0 radical (unpaired) electrons. The van der Waals surface area contributed by atoms with Crippen LogP contribution in [0.25, 0.3) is 0 Å². The van der Waals surface area contributed by atoms with Crippen LogP contribution >= 0.6 is 30.7 Å². The molecule has 0 aromatic heterocycles. The molecule has 0 fully saturated rings. The van der Waals surface area contributed by atoms with E-state index in [2.05, 4.69) is 0 Å². The summed E-state index contributed by atoms with van der Waals surface area (Å²) in [5.41, 5.74) is 0. The topological polar surface area (TPSA) is 254 Å². The van der Waals surface area contributed by atoms with E-state index in [1.807, 2.05) is 0 Å². The van der Waals surface area contributed by atoms with Crippen molar-refractivity contribution in [2.24, 2.45) is 0 Å². The summed E-state index contributed by atoms with van der Waals surface area (Å²) in [6.45, 7) is -2.00.